The van der Waals surface area contributed by atoms with Crippen LogP contribution in [-0.2, 0) is 12.8 Å². The van der Waals surface area contributed by atoms with Gasteiger partial charge in [-0.15, -0.1) is 12.4 Å². The highest BCUT2D eigenvalue weighted by Crippen LogP contribution is 2.21. The Balaban J connectivity index is 0.00000192. The minimum Gasteiger partial charge on any atom is -0.496 e. The first kappa shape index (κ1) is 17.7. The molecule has 0 amide bonds. The zero-order chi connectivity index (χ0) is 15.4. The van der Waals surface area contributed by atoms with E-state index in [0.29, 0.717) is 5.89 Å². The smallest absolute Gasteiger partial charge is 0.227 e. The van der Waals surface area contributed by atoms with E-state index in [9.17, 15) is 0 Å². The molecule has 1 fully saturated rings. The minimum atomic E-state index is 0. The SMILES string of the molecule is COc1ccccc1CCc1nc(C2CNCCN2C)no1.Cl. The van der Waals surface area contributed by atoms with Gasteiger partial charge in [-0.3, -0.25) is 4.90 Å². The summed E-state index contributed by atoms with van der Waals surface area (Å²) in [4.78, 5) is 6.81. The molecule has 1 aromatic carbocycles. The highest BCUT2D eigenvalue weighted by molar-refractivity contribution is 5.85. The molecule has 1 aromatic heterocycles. The summed E-state index contributed by atoms with van der Waals surface area (Å²) in [6, 6.07) is 8.21. The number of rotatable bonds is 5. The lowest BCUT2D eigenvalue weighted by Gasteiger charge is -2.30. The van der Waals surface area contributed by atoms with Crippen LogP contribution in [0.15, 0.2) is 28.8 Å². The number of aromatic nitrogens is 2. The van der Waals surface area contributed by atoms with Gasteiger partial charge in [0.05, 0.1) is 13.2 Å². The number of ether oxygens (including phenoxy) is 1. The molecule has 23 heavy (non-hydrogen) atoms. The number of likely N-dealkylation sites (N-methyl/N-ethyl adjacent to an activating group) is 1. The zero-order valence-electron chi connectivity index (χ0n) is 13.5. The van der Waals surface area contributed by atoms with E-state index in [1.807, 2.05) is 18.2 Å². The maximum atomic E-state index is 5.41. The second kappa shape index (κ2) is 8.29. The zero-order valence-corrected chi connectivity index (χ0v) is 14.3. The van der Waals surface area contributed by atoms with E-state index < -0.39 is 0 Å². The predicted molar refractivity (Wildman–Crippen MR) is 90.2 cm³/mol. The molecule has 1 aliphatic heterocycles. The predicted octanol–water partition coefficient (Wildman–Crippen LogP) is 1.86. The number of para-hydroxylation sites is 1. The number of piperazine rings is 1. The van der Waals surface area contributed by atoms with Crippen LogP contribution in [0.4, 0.5) is 0 Å². The molecular weight excluding hydrogens is 316 g/mol. The molecule has 3 rings (SSSR count). The fraction of sp³-hybridized carbons (Fsp3) is 0.500. The topological polar surface area (TPSA) is 63.4 Å². The summed E-state index contributed by atoms with van der Waals surface area (Å²) in [5.74, 6) is 2.35. The average molecular weight is 339 g/mol. The van der Waals surface area contributed by atoms with Crippen LogP contribution in [0.2, 0.25) is 0 Å². The molecule has 0 bridgehead atoms. The van der Waals surface area contributed by atoms with Gasteiger partial charge in [-0.25, -0.2) is 0 Å². The normalized spacial score (nSPS) is 18.4. The number of benzene rings is 1. The van der Waals surface area contributed by atoms with Crippen molar-refractivity contribution in [1.29, 1.82) is 0 Å². The van der Waals surface area contributed by atoms with E-state index in [4.69, 9.17) is 9.26 Å². The molecule has 1 saturated heterocycles. The van der Waals surface area contributed by atoms with E-state index in [1.54, 1.807) is 7.11 Å². The Hall–Kier alpha value is -1.63. The summed E-state index contributed by atoms with van der Waals surface area (Å²) in [6.07, 6.45) is 1.54. The van der Waals surface area contributed by atoms with E-state index in [-0.39, 0.29) is 18.4 Å². The second-order valence-corrected chi connectivity index (χ2v) is 5.56. The molecule has 126 valence electrons. The summed E-state index contributed by atoms with van der Waals surface area (Å²) in [6.45, 7) is 2.86. The number of nitrogens with zero attached hydrogens (tertiary/aromatic N) is 3. The quantitative estimate of drug-likeness (QED) is 0.898. The van der Waals surface area contributed by atoms with Gasteiger partial charge in [0.25, 0.3) is 0 Å². The van der Waals surface area contributed by atoms with Crippen LogP contribution >= 0.6 is 12.4 Å². The van der Waals surface area contributed by atoms with Gasteiger partial charge in [0.2, 0.25) is 5.89 Å². The van der Waals surface area contributed by atoms with Gasteiger partial charge in [0.1, 0.15) is 5.75 Å². The molecule has 6 nitrogen and oxygen atoms in total. The van der Waals surface area contributed by atoms with Gasteiger partial charge in [0.15, 0.2) is 5.82 Å². The first-order valence-electron chi connectivity index (χ1n) is 7.63. The van der Waals surface area contributed by atoms with Crippen molar-refractivity contribution in [2.75, 3.05) is 33.8 Å². The molecule has 2 aromatic rings. The number of hydrogen-bond donors (Lipinski definition) is 1. The van der Waals surface area contributed by atoms with Crippen LogP contribution in [0.1, 0.15) is 23.3 Å². The van der Waals surface area contributed by atoms with Crippen molar-refractivity contribution in [3.63, 3.8) is 0 Å². The Bertz CT molecular complexity index is 620. The van der Waals surface area contributed by atoms with Crippen molar-refractivity contribution in [2.24, 2.45) is 0 Å². The van der Waals surface area contributed by atoms with E-state index >= 15 is 0 Å². The fourth-order valence-electron chi connectivity index (χ4n) is 2.75. The molecule has 1 unspecified atom stereocenters. The molecule has 1 aliphatic rings. The number of methoxy groups -OCH3 is 1. The number of hydrogen-bond acceptors (Lipinski definition) is 6. The van der Waals surface area contributed by atoms with Gasteiger partial charge in [-0.05, 0) is 25.1 Å². The Kier molecular flexibility index (Phi) is 6.38. The highest BCUT2D eigenvalue weighted by Gasteiger charge is 2.25. The van der Waals surface area contributed by atoms with Crippen molar-refractivity contribution >= 4 is 12.4 Å². The van der Waals surface area contributed by atoms with E-state index in [0.717, 1.165) is 49.6 Å². The molecule has 1 atom stereocenters. The number of nitrogens with one attached hydrogen (secondary N) is 1. The maximum absolute atomic E-state index is 5.41. The molecular formula is C16H23ClN4O2. The minimum absolute atomic E-state index is 0. The van der Waals surface area contributed by atoms with Crippen molar-refractivity contribution in [2.45, 2.75) is 18.9 Å². The monoisotopic (exact) mass is 338 g/mol. The molecule has 1 N–H and O–H groups in total. The van der Waals surface area contributed by atoms with Crippen molar-refractivity contribution in [3.05, 3.63) is 41.5 Å². The molecule has 0 aliphatic carbocycles. The lowest BCUT2D eigenvalue weighted by Crippen LogP contribution is -2.44. The summed E-state index contributed by atoms with van der Waals surface area (Å²) in [7, 11) is 3.78. The Morgan fingerprint density at radius 2 is 2.17 bits per heavy atom. The van der Waals surface area contributed by atoms with Crippen molar-refractivity contribution in [1.82, 2.24) is 20.4 Å². The Morgan fingerprint density at radius 1 is 1.35 bits per heavy atom. The lowest BCUT2D eigenvalue weighted by molar-refractivity contribution is 0.190. The van der Waals surface area contributed by atoms with Crippen LogP contribution in [-0.4, -0.2) is 48.8 Å². The fourth-order valence-corrected chi connectivity index (χ4v) is 2.75. The third kappa shape index (κ3) is 4.22. The Labute approximate surface area is 142 Å². The summed E-state index contributed by atoms with van der Waals surface area (Å²) < 4.78 is 10.8. The van der Waals surface area contributed by atoms with E-state index in [2.05, 4.69) is 33.5 Å². The lowest BCUT2D eigenvalue weighted by atomic mass is 10.1. The third-order valence-corrected chi connectivity index (χ3v) is 4.09. The van der Waals surface area contributed by atoms with Gasteiger partial charge < -0.3 is 14.6 Å². The first-order chi connectivity index (χ1) is 10.8. The highest BCUT2D eigenvalue weighted by atomic mass is 35.5. The van der Waals surface area contributed by atoms with Crippen LogP contribution in [0.5, 0.6) is 5.75 Å². The van der Waals surface area contributed by atoms with Gasteiger partial charge in [-0.1, -0.05) is 23.4 Å². The Morgan fingerprint density at radius 3 is 2.96 bits per heavy atom. The summed E-state index contributed by atoms with van der Waals surface area (Å²) in [5.41, 5.74) is 1.15. The van der Waals surface area contributed by atoms with Crippen LogP contribution < -0.4 is 10.1 Å². The molecule has 7 heteroatoms. The number of aryl methyl sites for hydroxylation is 2. The maximum Gasteiger partial charge on any atom is 0.227 e. The van der Waals surface area contributed by atoms with E-state index in [1.165, 1.54) is 0 Å². The molecule has 0 radical (unpaired) electrons. The van der Waals surface area contributed by atoms with Crippen molar-refractivity contribution in [3.8, 4) is 5.75 Å². The van der Waals surface area contributed by atoms with Gasteiger partial charge in [0, 0.05) is 26.1 Å². The summed E-state index contributed by atoms with van der Waals surface area (Å²) in [5, 5.41) is 7.51. The number of halogens is 1. The summed E-state index contributed by atoms with van der Waals surface area (Å²) >= 11 is 0. The average Bonchev–Trinajstić information content (AvgIpc) is 3.02. The standard InChI is InChI=1S/C16H22N4O2.ClH/c1-20-10-9-17-11-13(20)16-18-15(22-19-16)8-7-12-5-3-4-6-14(12)21-2;/h3-6,13,17H,7-11H2,1-2H3;1H. The molecule has 0 spiro atoms. The van der Waals surface area contributed by atoms with Crippen LogP contribution in [0, 0.1) is 0 Å². The van der Waals surface area contributed by atoms with Crippen molar-refractivity contribution < 1.29 is 9.26 Å². The molecule has 2 heterocycles. The molecule has 0 saturated carbocycles. The van der Waals surface area contributed by atoms with Crippen LogP contribution in [0.3, 0.4) is 0 Å². The van der Waals surface area contributed by atoms with Gasteiger partial charge >= 0.3 is 0 Å². The van der Waals surface area contributed by atoms with Crippen LogP contribution in [0.25, 0.3) is 0 Å². The second-order valence-electron chi connectivity index (χ2n) is 5.56. The first-order valence-corrected chi connectivity index (χ1v) is 7.63. The van der Waals surface area contributed by atoms with Gasteiger partial charge in [-0.2, -0.15) is 4.98 Å². The third-order valence-electron chi connectivity index (χ3n) is 4.09. The largest absolute Gasteiger partial charge is 0.496 e.